The Kier molecular flexibility index (Phi) is 5.22. The van der Waals surface area contributed by atoms with Crippen molar-refractivity contribution in [3.8, 4) is 0 Å². The molecule has 3 heteroatoms. The molecule has 0 aliphatic heterocycles. The van der Waals surface area contributed by atoms with E-state index in [1.807, 2.05) is 13.8 Å². The van der Waals surface area contributed by atoms with Gasteiger partial charge in [-0.15, -0.1) is 0 Å². The van der Waals surface area contributed by atoms with Crippen LogP contribution in [0.1, 0.15) is 52.4 Å². The second-order valence-corrected chi connectivity index (χ2v) is 5.40. The SMILES string of the molecule is CCC(O)(CC)CNCC1(CO)CCCC1. The standard InChI is InChI=1S/C13H27NO2/c1-3-13(16,4-2)10-14-9-12(11-15)7-5-6-8-12/h14-16H,3-11H2,1-2H3. The first-order valence-electron chi connectivity index (χ1n) is 6.64. The van der Waals surface area contributed by atoms with Crippen molar-refractivity contribution < 1.29 is 10.2 Å². The summed E-state index contributed by atoms with van der Waals surface area (Å²) < 4.78 is 0. The number of nitrogens with one attached hydrogen (secondary N) is 1. The molecule has 0 radical (unpaired) electrons. The van der Waals surface area contributed by atoms with E-state index < -0.39 is 5.60 Å². The third-order valence-electron chi connectivity index (χ3n) is 4.27. The molecule has 0 aromatic rings. The minimum Gasteiger partial charge on any atom is -0.396 e. The molecule has 1 fully saturated rings. The normalized spacial score (nSPS) is 20.2. The fraction of sp³-hybridized carbons (Fsp3) is 1.00. The van der Waals surface area contributed by atoms with Crippen molar-refractivity contribution in [2.45, 2.75) is 58.0 Å². The first kappa shape index (κ1) is 13.9. The molecule has 0 atom stereocenters. The molecule has 1 aliphatic rings. The summed E-state index contributed by atoms with van der Waals surface area (Å²) in [6.07, 6.45) is 6.26. The maximum atomic E-state index is 10.1. The number of aliphatic hydroxyl groups is 2. The molecule has 0 saturated heterocycles. The van der Waals surface area contributed by atoms with Crippen molar-refractivity contribution in [2.75, 3.05) is 19.7 Å². The van der Waals surface area contributed by atoms with Crippen LogP contribution in [0.4, 0.5) is 0 Å². The summed E-state index contributed by atoms with van der Waals surface area (Å²) >= 11 is 0. The van der Waals surface area contributed by atoms with Crippen molar-refractivity contribution in [1.82, 2.24) is 5.32 Å². The predicted octanol–water partition coefficient (Wildman–Crippen LogP) is 1.68. The maximum Gasteiger partial charge on any atom is 0.0766 e. The van der Waals surface area contributed by atoms with Crippen molar-refractivity contribution in [3.63, 3.8) is 0 Å². The van der Waals surface area contributed by atoms with Crippen LogP contribution in [0, 0.1) is 5.41 Å². The van der Waals surface area contributed by atoms with Gasteiger partial charge in [-0.25, -0.2) is 0 Å². The molecule has 3 N–H and O–H groups in total. The van der Waals surface area contributed by atoms with Gasteiger partial charge in [0.25, 0.3) is 0 Å². The zero-order valence-electron chi connectivity index (χ0n) is 10.8. The van der Waals surface area contributed by atoms with Gasteiger partial charge < -0.3 is 15.5 Å². The summed E-state index contributed by atoms with van der Waals surface area (Å²) in [6.45, 7) is 5.79. The van der Waals surface area contributed by atoms with E-state index >= 15 is 0 Å². The largest absolute Gasteiger partial charge is 0.396 e. The quantitative estimate of drug-likeness (QED) is 0.622. The smallest absolute Gasteiger partial charge is 0.0766 e. The Morgan fingerprint density at radius 2 is 1.75 bits per heavy atom. The molecule has 1 saturated carbocycles. The lowest BCUT2D eigenvalue weighted by Crippen LogP contribution is -2.44. The van der Waals surface area contributed by atoms with Gasteiger partial charge in [0.2, 0.25) is 0 Å². The first-order chi connectivity index (χ1) is 7.60. The van der Waals surface area contributed by atoms with Crippen LogP contribution in [-0.4, -0.2) is 35.5 Å². The number of aliphatic hydroxyl groups excluding tert-OH is 1. The van der Waals surface area contributed by atoms with Gasteiger partial charge in [-0.3, -0.25) is 0 Å². The van der Waals surface area contributed by atoms with E-state index in [0.717, 1.165) is 32.2 Å². The van der Waals surface area contributed by atoms with Crippen LogP contribution in [0.3, 0.4) is 0 Å². The van der Waals surface area contributed by atoms with Crippen LogP contribution in [0.25, 0.3) is 0 Å². The topological polar surface area (TPSA) is 52.5 Å². The summed E-state index contributed by atoms with van der Waals surface area (Å²) in [6, 6.07) is 0. The summed E-state index contributed by atoms with van der Waals surface area (Å²) in [4.78, 5) is 0. The van der Waals surface area contributed by atoms with Crippen LogP contribution < -0.4 is 5.32 Å². The van der Waals surface area contributed by atoms with Gasteiger partial charge in [-0.2, -0.15) is 0 Å². The summed E-state index contributed by atoms with van der Waals surface area (Å²) in [7, 11) is 0. The highest BCUT2D eigenvalue weighted by Gasteiger charge is 2.33. The van der Waals surface area contributed by atoms with E-state index in [9.17, 15) is 10.2 Å². The molecule has 0 spiro atoms. The van der Waals surface area contributed by atoms with Crippen molar-refractivity contribution in [2.24, 2.45) is 5.41 Å². The van der Waals surface area contributed by atoms with E-state index in [2.05, 4.69) is 5.32 Å². The average Bonchev–Trinajstić information content (AvgIpc) is 2.78. The van der Waals surface area contributed by atoms with Crippen LogP contribution in [0.15, 0.2) is 0 Å². The van der Waals surface area contributed by atoms with Gasteiger partial charge in [0.05, 0.1) is 5.60 Å². The highest BCUT2D eigenvalue weighted by Crippen LogP contribution is 2.36. The minimum atomic E-state index is -0.574. The lowest BCUT2D eigenvalue weighted by atomic mass is 9.86. The Morgan fingerprint density at radius 1 is 1.19 bits per heavy atom. The van der Waals surface area contributed by atoms with Gasteiger partial charge in [-0.05, 0) is 25.7 Å². The molecule has 3 nitrogen and oxygen atoms in total. The Hall–Kier alpha value is -0.120. The second-order valence-electron chi connectivity index (χ2n) is 5.40. The highest BCUT2D eigenvalue weighted by molar-refractivity contribution is 4.87. The van der Waals surface area contributed by atoms with Crippen LogP contribution >= 0.6 is 0 Å². The number of hydrogen-bond donors (Lipinski definition) is 3. The third kappa shape index (κ3) is 3.44. The van der Waals surface area contributed by atoms with E-state index in [0.29, 0.717) is 6.54 Å². The summed E-state index contributed by atoms with van der Waals surface area (Å²) in [5, 5.41) is 22.9. The molecule has 1 rings (SSSR count). The zero-order valence-corrected chi connectivity index (χ0v) is 10.8. The molecule has 0 amide bonds. The predicted molar refractivity (Wildman–Crippen MR) is 66.4 cm³/mol. The zero-order chi connectivity index (χ0) is 12.1. The Morgan fingerprint density at radius 3 is 2.19 bits per heavy atom. The molecular formula is C13H27NO2. The molecule has 0 heterocycles. The lowest BCUT2D eigenvalue weighted by Gasteiger charge is -2.31. The fourth-order valence-corrected chi connectivity index (χ4v) is 2.58. The van der Waals surface area contributed by atoms with Gasteiger partial charge in [0.1, 0.15) is 0 Å². The molecule has 0 aromatic heterocycles. The third-order valence-corrected chi connectivity index (χ3v) is 4.27. The fourth-order valence-electron chi connectivity index (χ4n) is 2.58. The van der Waals surface area contributed by atoms with Crippen molar-refractivity contribution in [3.05, 3.63) is 0 Å². The van der Waals surface area contributed by atoms with E-state index in [1.54, 1.807) is 0 Å². The minimum absolute atomic E-state index is 0.0857. The Balaban J connectivity index is 2.33. The summed E-state index contributed by atoms with van der Waals surface area (Å²) in [5.74, 6) is 0. The maximum absolute atomic E-state index is 10.1. The Labute approximate surface area is 99.3 Å². The molecule has 16 heavy (non-hydrogen) atoms. The van der Waals surface area contributed by atoms with Gasteiger partial charge in [0, 0.05) is 25.1 Å². The molecule has 96 valence electrons. The first-order valence-corrected chi connectivity index (χ1v) is 6.64. The number of rotatable bonds is 7. The van der Waals surface area contributed by atoms with Crippen molar-refractivity contribution >= 4 is 0 Å². The Bertz CT molecular complexity index is 196. The van der Waals surface area contributed by atoms with Crippen LogP contribution in [-0.2, 0) is 0 Å². The second kappa shape index (κ2) is 5.99. The highest BCUT2D eigenvalue weighted by atomic mass is 16.3. The van der Waals surface area contributed by atoms with Gasteiger partial charge in [0.15, 0.2) is 0 Å². The molecule has 0 aromatic carbocycles. The van der Waals surface area contributed by atoms with Crippen molar-refractivity contribution in [1.29, 1.82) is 0 Å². The van der Waals surface area contributed by atoms with E-state index in [4.69, 9.17) is 0 Å². The molecular weight excluding hydrogens is 202 g/mol. The molecule has 0 bridgehead atoms. The summed E-state index contributed by atoms with van der Waals surface area (Å²) in [5.41, 5.74) is -0.488. The van der Waals surface area contributed by atoms with Crippen LogP contribution in [0.2, 0.25) is 0 Å². The average molecular weight is 229 g/mol. The van der Waals surface area contributed by atoms with Gasteiger partial charge in [-0.1, -0.05) is 26.7 Å². The monoisotopic (exact) mass is 229 g/mol. The molecule has 1 aliphatic carbocycles. The van der Waals surface area contributed by atoms with Gasteiger partial charge >= 0.3 is 0 Å². The van der Waals surface area contributed by atoms with E-state index in [1.165, 1.54) is 12.8 Å². The molecule has 0 unspecified atom stereocenters. The van der Waals surface area contributed by atoms with Crippen LogP contribution in [0.5, 0.6) is 0 Å². The lowest BCUT2D eigenvalue weighted by molar-refractivity contribution is 0.0270. The number of hydrogen-bond acceptors (Lipinski definition) is 3. The van der Waals surface area contributed by atoms with E-state index in [-0.39, 0.29) is 12.0 Å².